The Morgan fingerprint density at radius 1 is 1.00 bits per heavy atom. The lowest BCUT2D eigenvalue weighted by Crippen LogP contribution is -1.97. The molecule has 6 nitrogen and oxygen atoms in total. The molecule has 4 aromatic heterocycles. The number of hydrogen-bond acceptors (Lipinski definition) is 4. The van der Waals surface area contributed by atoms with Gasteiger partial charge in [-0.2, -0.15) is 28.6 Å². The molecule has 0 aliphatic heterocycles. The molecule has 0 spiro atoms. The van der Waals surface area contributed by atoms with Crippen LogP contribution in [0.4, 0.5) is 13.2 Å². The molecule has 0 bridgehead atoms. The van der Waals surface area contributed by atoms with E-state index in [1.165, 1.54) is 41.4 Å². The largest absolute Gasteiger partial charge is 0.333 e. The Morgan fingerprint density at radius 3 is 2.50 bits per heavy atom. The molecule has 26 heavy (non-hydrogen) atoms. The first-order valence-corrected chi connectivity index (χ1v) is 7.43. The van der Waals surface area contributed by atoms with Crippen LogP contribution < -0.4 is 0 Å². The van der Waals surface area contributed by atoms with Gasteiger partial charge in [0.25, 0.3) is 0 Å². The van der Waals surface area contributed by atoms with Crippen LogP contribution in [0.2, 0.25) is 0 Å². The van der Waals surface area contributed by atoms with Crippen LogP contribution in [0.3, 0.4) is 0 Å². The Hall–Kier alpha value is -3.67. The van der Waals surface area contributed by atoms with Crippen LogP contribution in [0.5, 0.6) is 0 Å². The monoisotopic (exact) mass is 354 g/mol. The third-order valence-corrected chi connectivity index (χ3v) is 3.91. The van der Waals surface area contributed by atoms with Gasteiger partial charge in [0.05, 0.1) is 23.5 Å². The van der Waals surface area contributed by atoms with Crippen LogP contribution in [0, 0.1) is 17.3 Å². The number of halogens is 3. The molecule has 0 aromatic carbocycles. The van der Waals surface area contributed by atoms with Gasteiger partial charge in [0, 0.05) is 40.8 Å². The van der Waals surface area contributed by atoms with Crippen LogP contribution in [0.1, 0.15) is 12.1 Å². The number of hydrogen-bond donors (Lipinski definition) is 0. The molecule has 0 aliphatic carbocycles. The van der Waals surface area contributed by atoms with Crippen molar-refractivity contribution in [1.29, 1.82) is 5.26 Å². The molecule has 4 aromatic rings. The smallest absolute Gasteiger partial charge is 0.238 e. The minimum Gasteiger partial charge on any atom is -0.238 e. The first kappa shape index (κ1) is 15.8. The standard InChI is InChI=1S/C17H9F3N6/c18-15-2-1-10(5-22-15)14-3-11(13-7-24-26(9-13)17(19)20)8-25-16(14)12(4-21)6-23-25/h1-3,5-9,17H. The number of nitriles is 1. The summed E-state index contributed by atoms with van der Waals surface area (Å²) in [6.07, 6.45) is 6.89. The Kier molecular flexibility index (Phi) is 3.65. The number of alkyl halides is 2. The number of fused-ring (bicyclic) bond motifs is 1. The quantitative estimate of drug-likeness (QED) is 0.526. The van der Waals surface area contributed by atoms with Gasteiger partial charge in [-0.3, -0.25) is 0 Å². The summed E-state index contributed by atoms with van der Waals surface area (Å²) in [7, 11) is 0. The maximum Gasteiger partial charge on any atom is 0.333 e. The fourth-order valence-electron chi connectivity index (χ4n) is 2.71. The van der Waals surface area contributed by atoms with Crippen molar-refractivity contribution >= 4 is 5.52 Å². The highest BCUT2D eigenvalue weighted by molar-refractivity contribution is 5.87. The fraction of sp³-hybridized carbons (Fsp3) is 0.0588. The Morgan fingerprint density at radius 2 is 1.85 bits per heavy atom. The zero-order chi connectivity index (χ0) is 18.3. The molecule has 0 saturated carbocycles. The van der Waals surface area contributed by atoms with Crippen molar-refractivity contribution in [2.24, 2.45) is 0 Å². The van der Waals surface area contributed by atoms with Gasteiger partial charge in [-0.05, 0) is 18.2 Å². The van der Waals surface area contributed by atoms with E-state index in [1.54, 1.807) is 12.3 Å². The van der Waals surface area contributed by atoms with Gasteiger partial charge in [0.1, 0.15) is 6.07 Å². The van der Waals surface area contributed by atoms with Gasteiger partial charge in [0.2, 0.25) is 5.95 Å². The maximum atomic E-state index is 13.2. The van der Waals surface area contributed by atoms with E-state index in [0.29, 0.717) is 38.0 Å². The SMILES string of the molecule is N#Cc1cnn2cc(-c3cnn(C(F)F)c3)cc(-c3ccc(F)nc3)c12. The van der Waals surface area contributed by atoms with E-state index in [1.807, 2.05) is 0 Å². The minimum absolute atomic E-state index is 0.333. The van der Waals surface area contributed by atoms with Gasteiger partial charge < -0.3 is 0 Å². The number of rotatable bonds is 3. The average Bonchev–Trinajstić information content (AvgIpc) is 3.28. The Balaban J connectivity index is 1.96. The highest BCUT2D eigenvalue weighted by Crippen LogP contribution is 2.32. The van der Waals surface area contributed by atoms with Crippen molar-refractivity contribution in [1.82, 2.24) is 24.4 Å². The molecule has 0 fully saturated rings. The summed E-state index contributed by atoms with van der Waals surface area (Å²) in [6, 6.07) is 6.49. The van der Waals surface area contributed by atoms with Gasteiger partial charge in [0.15, 0.2) is 0 Å². The van der Waals surface area contributed by atoms with Gasteiger partial charge in [-0.15, -0.1) is 0 Å². The average molecular weight is 354 g/mol. The summed E-state index contributed by atoms with van der Waals surface area (Å²) in [4.78, 5) is 3.64. The second-order valence-corrected chi connectivity index (χ2v) is 5.46. The summed E-state index contributed by atoms with van der Waals surface area (Å²) >= 11 is 0. The van der Waals surface area contributed by atoms with Crippen LogP contribution in [0.15, 0.2) is 49.2 Å². The lowest BCUT2D eigenvalue weighted by molar-refractivity contribution is 0.0566. The third-order valence-electron chi connectivity index (χ3n) is 3.91. The van der Waals surface area contributed by atoms with Crippen molar-refractivity contribution in [3.63, 3.8) is 0 Å². The van der Waals surface area contributed by atoms with E-state index >= 15 is 0 Å². The topological polar surface area (TPSA) is 71.8 Å². The molecular weight excluding hydrogens is 345 g/mol. The first-order valence-electron chi connectivity index (χ1n) is 7.43. The second kappa shape index (κ2) is 6.00. The summed E-state index contributed by atoms with van der Waals surface area (Å²) in [5, 5.41) is 17.1. The van der Waals surface area contributed by atoms with Crippen molar-refractivity contribution in [3.05, 3.63) is 60.7 Å². The zero-order valence-electron chi connectivity index (χ0n) is 13.0. The Bertz CT molecular complexity index is 1140. The highest BCUT2D eigenvalue weighted by Gasteiger charge is 2.16. The van der Waals surface area contributed by atoms with Gasteiger partial charge >= 0.3 is 6.55 Å². The van der Waals surface area contributed by atoms with Crippen LogP contribution in [-0.4, -0.2) is 24.4 Å². The number of pyridine rings is 2. The summed E-state index contributed by atoms with van der Waals surface area (Å²) < 4.78 is 40.8. The van der Waals surface area contributed by atoms with Gasteiger partial charge in [-0.1, -0.05) is 0 Å². The molecule has 0 amide bonds. The van der Waals surface area contributed by atoms with Crippen molar-refractivity contribution < 1.29 is 13.2 Å². The second-order valence-electron chi connectivity index (χ2n) is 5.46. The predicted octanol–water partition coefficient (Wildman–Crippen LogP) is 3.67. The van der Waals surface area contributed by atoms with E-state index in [9.17, 15) is 18.4 Å². The maximum absolute atomic E-state index is 13.2. The lowest BCUT2D eigenvalue weighted by atomic mass is 10.0. The van der Waals surface area contributed by atoms with Crippen LogP contribution >= 0.6 is 0 Å². The predicted molar refractivity (Wildman–Crippen MR) is 85.6 cm³/mol. The molecule has 0 N–H and O–H groups in total. The Labute approximate surface area is 144 Å². The molecule has 0 atom stereocenters. The van der Waals surface area contributed by atoms with Gasteiger partial charge in [-0.25, -0.2) is 14.2 Å². The number of nitrogens with zero attached hydrogens (tertiary/aromatic N) is 6. The summed E-state index contributed by atoms with van der Waals surface area (Å²) in [6.45, 7) is -2.75. The van der Waals surface area contributed by atoms with E-state index in [-0.39, 0.29) is 0 Å². The van der Waals surface area contributed by atoms with E-state index < -0.39 is 12.5 Å². The van der Waals surface area contributed by atoms with Crippen molar-refractivity contribution in [2.45, 2.75) is 6.55 Å². The third kappa shape index (κ3) is 2.57. The molecule has 9 heteroatoms. The van der Waals surface area contributed by atoms with E-state index in [4.69, 9.17) is 0 Å². The molecule has 0 radical (unpaired) electrons. The first-order chi connectivity index (χ1) is 12.6. The molecule has 4 rings (SSSR count). The summed E-state index contributed by atoms with van der Waals surface area (Å²) in [5.41, 5.74) is 3.02. The van der Waals surface area contributed by atoms with Crippen molar-refractivity contribution in [2.75, 3.05) is 0 Å². The summed E-state index contributed by atoms with van der Waals surface area (Å²) in [5.74, 6) is -0.631. The van der Waals surface area contributed by atoms with Crippen molar-refractivity contribution in [3.8, 4) is 28.3 Å². The number of aromatic nitrogens is 5. The zero-order valence-corrected chi connectivity index (χ0v) is 13.0. The molecular formula is C17H9F3N6. The normalized spacial score (nSPS) is 11.2. The fourth-order valence-corrected chi connectivity index (χ4v) is 2.71. The lowest BCUT2D eigenvalue weighted by Gasteiger charge is -2.08. The van der Waals surface area contributed by atoms with E-state index in [2.05, 4.69) is 21.3 Å². The molecule has 0 aliphatic rings. The van der Waals surface area contributed by atoms with Crippen LogP contribution in [0.25, 0.3) is 27.8 Å². The van der Waals surface area contributed by atoms with E-state index in [0.717, 1.165) is 0 Å². The van der Waals surface area contributed by atoms with Crippen LogP contribution in [-0.2, 0) is 0 Å². The molecule has 4 heterocycles. The minimum atomic E-state index is -2.75. The highest BCUT2D eigenvalue weighted by atomic mass is 19.3. The molecule has 128 valence electrons. The molecule has 0 unspecified atom stereocenters. The molecule has 0 saturated heterocycles.